The van der Waals surface area contributed by atoms with Gasteiger partial charge in [-0.05, 0) is 45.0 Å². The molecule has 0 radical (unpaired) electrons. The Balaban J connectivity index is 2.13. The molecule has 0 aliphatic rings. The zero-order valence-corrected chi connectivity index (χ0v) is 14.5. The molecule has 0 saturated heterocycles. The van der Waals surface area contributed by atoms with Crippen LogP contribution >= 0.6 is 23.4 Å². The first kappa shape index (κ1) is 18.6. The van der Waals surface area contributed by atoms with Crippen LogP contribution in [0, 0.1) is 0 Å². The lowest BCUT2D eigenvalue weighted by Crippen LogP contribution is -2.40. The van der Waals surface area contributed by atoms with Crippen LogP contribution in [0.15, 0.2) is 29.2 Å². The van der Waals surface area contributed by atoms with Crippen LogP contribution in [0.5, 0.6) is 0 Å². The molecule has 1 rings (SSSR count). The van der Waals surface area contributed by atoms with E-state index in [0.717, 1.165) is 10.6 Å². The summed E-state index contributed by atoms with van der Waals surface area (Å²) in [7, 11) is 0. The predicted molar refractivity (Wildman–Crippen MR) is 89.4 cm³/mol. The van der Waals surface area contributed by atoms with Gasteiger partial charge in [-0.3, -0.25) is 4.79 Å². The lowest BCUT2D eigenvalue weighted by atomic mass is 10.2. The van der Waals surface area contributed by atoms with Crippen molar-refractivity contribution in [3.05, 3.63) is 29.3 Å². The van der Waals surface area contributed by atoms with Gasteiger partial charge in [0, 0.05) is 22.2 Å². The minimum absolute atomic E-state index is 0.0967. The third-order valence-electron chi connectivity index (χ3n) is 2.30. The van der Waals surface area contributed by atoms with E-state index in [1.807, 2.05) is 24.3 Å². The number of nitrogens with one attached hydrogen (secondary N) is 2. The second-order valence-electron chi connectivity index (χ2n) is 5.51. The number of alkyl carbamates (subject to hydrolysis) is 1. The van der Waals surface area contributed by atoms with Crippen molar-refractivity contribution in [1.82, 2.24) is 10.6 Å². The molecule has 1 aromatic rings. The summed E-state index contributed by atoms with van der Waals surface area (Å²) in [6.07, 6.45) is -0.599. The zero-order chi connectivity index (χ0) is 16.6. The van der Waals surface area contributed by atoms with Gasteiger partial charge in [-0.1, -0.05) is 11.6 Å². The van der Waals surface area contributed by atoms with Crippen LogP contribution in [-0.4, -0.2) is 36.4 Å². The van der Waals surface area contributed by atoms with Crippen molar-refractivity contribution in [1.29, 1.82) is 0 Å². The number of hydrogen-bond acceptors (Lipinski definition) is 4. The summed E-state index contributed by atoms with van der Waals surface area (Å²) >= 11 is 7.42. The molecule has 122 valence electrons. The molecule has 0 saturated carbocycles. The molecule has 0 aliphatic heterocycles. The molecule has 5 nitrogen and oxygen atoms in total. The molecule has 0 bridgehead atoms. The first-order chi connectivity index (χ1) is 10.3. The predicted octanol–water partition coefficient (Wildman–Crippen LogP) is 3.07. The molecule has 0 atom stereocenters. The lowest BCUT2D eigenvalue weighted by molar-refractivity contribution is -0.120. The first-order valence-corrected chi connectivity index (χ1v) is 8.24. The second kappa shape index (κ2) is 8.90. The number of rotatable bonds is 6. The highest BCUT2D eigenvalue weighted by molar-refractivity contribution is 7.99. The van der Waals surface area contributed by atoms with E-state index in [1.54, 1.807) is 32.5 Å². The van der Waals surface area contributed by atoms with Crippen molar-refractivity contribution >= 4 is 35.4 Å². The fourth-order valence-corrected chi connectivity index (χ4v) is 2.31. The molecule has 0 fully saturated rings. The third kappa shape index (κ3) is 8.79. The van der Waals surface area contributed by atoms with Gasteiger partial charge in [-0.15, -0.1) is 11.8 Å². The Bertz CT molecular complexity index is 501. The van der Waals surface area contributed by atoms with Gasteiger partial charge in [-0.25, -0.2) is 4.79 Å². The van der Waals surface area contributed by atoms with Gasteiger partial charge in [-0.2, -0.15) is 0 Å². The monoisotopic (exact) mass is 344 g/mol. The molecule has 22 heavy (non-hydrogen) atoms. The summed E-state index contributed by atoms with van der Waals surface area (Å²) < 4.78 is 5.04. The Hall–Kier alpha value is -1.40. The molecule has 0 aliphatic carbocycles. The SMILES string of the molecule is CC(C)(C)OC(=O)NCC(=O)NCCSc1ccc(Cl)cc1. The van der Waals surface area contributed by atoms with Crippen molar-refractivity contribution in [3.8, 4) is 0 Å². The molecular weight excluding hydrogens is 324 g/mol. The quantitative estimate of drug-likeness (QED) is 0.614. The van der Waals surface area contributed by atoms with Gasteiger partial charge in [0.05, 0.1) is 6.54 Å². The van der Waals surface area contributed by atoms with Crippen molar-refractivity contribution in [2.24, 2.45) is 0 Å². The zero-order valence-electron chi connectivity index (χ0n) is 12.9. The van der Waals surface area contributed by atoms with Crippen LogP contribution in [0.25, 0.3) is 0 Å². The van der Waals surface area contributed by atoms with E-state index in [4.69, 9.17) is 16.3 Å². The maximum Gasteiger partial charge on any atom is 0.408 e. The molecule has 2 N–H and O–H groups in total. The Labute approximate surface area is 140 Å². The summed E-state index contributed by atoms with van der Waals surface area (Å²) in [6, 6.07) is 7.51. The Morgan fingerprint density at radius 2 is 1.82 bits per heavy atom. The van der Waals surface area contributed by atoms with E-state index in [-0.39, 0.29) is 12.5 Å². The number of benzene rings is 1. The Kier molecular flexibility index (Phi) is 7.55. The molecule has 1 aromatic carbocycles. The summed E-state index contributed by atoms with van der Waals surface area (Å²) in [5, 5.41) is 5.84. The maximum atomic E-state index is 11.6. The number of carbonyl (C=O) groups excluding carboxylic acids is 2. The van der Waals surface area contributed by atoms with Crippen LogP contribution in [0.3, 0.4) is 0 Å². The lowest BCUT2D eigenvalue weighted by Gasteiger charge is -2.19. The van der Waals surface area contributed by atoms with E-state index in [2.05, 4.69) is 10.6 Å². The number of halogens is 1. The van der Waals surface area contributed by atoms with Gasteiger partial charge in [0.25, 0.3) is 0 Å². The van der Waals surface area contributed by atoms with Gasteiger partial charge >= 0.3 is 6.09 Å². The second-order valence-corrected chi connectivity index (χ2v) is 7.11. The normalized spacial score (nSPS) is 10.9. The Morgan fingerprint density at radius 1 is 1.18 bits per heavy atom. The molecule has 0 heterocycles. The number of ether oxygens (including phenoxy) is 1. The number of hydrogen-bond donors (Lipinski definition) is 2. The van der Waals surface area contributed by atoms with E-state index < -0.39 is 11.7 Å². The first-order valence-electron chi connectivity index (χ1n) is 6.88. The topological polar surface area (TPSA) is 67.4 Å². The summed E-state index contributed by atoms with van der Waals surface area (Å²) in [5.74, 6) is 0.488. The fourth-order valence-electron chi connectivity index (χ4n) is 1.42. The third-order valence-corrected chi connectivity index (χ3v) is 3.56. The van der Waals surface area contributed by atoms with E-state index in [9.17, 15) is 9.59 Å². The standard InChI is InChI=1S/C15H21ClN2O3S/c1-15(2,3)21-14(20)18-10-13(19)17-8-9-22-12-6-4-11(16)5-7-12/h4-7H,8-10H2,1-3H3,(H,17,19)(H,18,20). The average molecular weight is 345 g/mol. The number of amides is 2. The highest BCUT2D eigenvalue weighted by Gasteiger charge is 2.16. The average Bonchev–Trinajstić information content (AvgIpc) is 2.41. The van der Waals surface area contributed by atoms with Gasteiger partial charge in [0.1, 0.15) is 5.60 Å². The molecule has 7 heteroatoms. The summed E-state index contributed by atoms with van der Waals surface area (Å²) in [4.78, 5) is 24.0. The van der Waals surface area contributed by atoms with Gasteiger partial charge in [0.2, 0.25) is 5.91 Å². The van der Waals surface area contributed by atoms with E-state index in [1.165, 1.54) is 0 Å². The summed E-state index contributed by atoms with van der Waals surface area (Å²) in [5.41, 5.74) is -0.574. The Morgan fingerprint density at radius 3 is 2.41 bits per heavy atom. The molecule has 0 aromatic heterocycles. The number of carbonyl (C=O) groups is 2. The molecular formula is C15H21ClN2O3S. The fraction of sp³-hybridized carbons (Fsp3) is 0.467. The van der Waals surface area contributed by atoms with Crippen LogP contribution in [0.1, 0.15) is 20.8 Å². The van der Waals surface area contributed by atoms with Gasteiger partial charge < -0.3 is 15.4 Å². The van der Waals surface area contributed by atoms with Crippen molar-refractivity contribution in [3.63, 3.8) is 0 Å². The van der Waals surface area contributed by atoms with Crippen LogP contribution in [-0.2, 0) is 9.53 Å². The van der Waals surface area contributed by atoms with E-state index in [0.29, 0.717) is 11.6 Å². The van der Waals surface area contributed by atoms with Crippen LogP contribution in [0.4, 0.5) is 4.79 Å². The number of thioether (sulfide) groups is 1. The van der Waals surface area contributed by atoms with Crippen molar-refractivity contribution in [2.75, 3.05) is 18.8 Å². The summed E-state index contributed by atoms with van der Waals surface area (Å²) in [6.45, 7) is 5.71. The van der Waals surface area contributed by atoms with Crippen molar-refractivity contribution < 1.29 is 14.3 Å². The maximum absolute atomic E-state index is 11.6. The highest BCUT2D eigenvalue weighted by Crippen LogP contribution is 2.19. The molecule has 0 unspecified atom stereocenters. The van der Waals surface area contributed by atoms with Crippen LogP contribution < -0.4 is 10.6 Å². The highest BCUT2D eigenvalue weighted by atomic mass is 35.5. The molecule has 0 spiro atoms. The van der Waals surface area contributed by atoms with Crippen LogP contribution in [0.2, 0.25) is 5.02 Å². The van der Waals surface area contributed by atoms with Crippen molar-refractivity contribution in [2.45, 2.75) is 31.3 Å². The van der Waals surface area contributed by atoms with E-state index >= 15 is 0 Å². The van der Waals surface area contributed by atoms with Gasteiger partial charge in [0.15, 0.2) is 0 Å². The minimum atomic E-state index is -0.599. The minimum Gasteiger partial charge on any atom is -0.444 e. The molecule has 2 amide bonds. The smallest absolute Gasteiger partial charge is 0.408 e. The largest absolute Gasteiger partial charge is 0.444 e.